The van der Waals surface area contributed by atoms with Crippen molar-refractivity contribution in [2.24, 2.45) is 0 Å². The standard InChI is InChI=1S/C17H14ClN3O3/c18-11-4-5-13-14(9-11)17(24)21(16(13)23)8-6-15(22)20-10-12-3-1-2-7-19-12/h1-5,7,9H,6,8,10H2,(H,20,22). The van der Waals surface area contributed by atoms with Crippen LogP contribution in [0.25, 0.3) is 0 Å². The average Bonchev–Trinajstić information content (AvgIpc) is 2.82. The maximum absolute atomic E-state index is 12.3. The van der Waals surface area contributed by atoms with Crippen molar-refractivity contribution < 1.29 is 14.4 Å². The monoisotopic (exact) mass is 343 g/mol. The van der Waals surface area contributed by atoms with Gasteiger partial charge in [-0.15, -0.1) is 0 Å². The third kappa shape index (κ3) is 3.28. The summed E-state index contributed by atoms with van der Waals surface area (Å²) < 4.78 is 0. The number of aromatic nitrogens is 1. The number of nitrogens with zero attached hydrogens (tertiary/aromatic N) is 2. The van der Waals surface area contributed by atoms with Crippen LogP contribution in [0, 0.1) is 0 Å². The molecule has 1 aliphatic rings. The number of amides is 3. The number of benzene rings is 1. The van der Waals surface area contributed by atoms with Gasteiger partial charge in [-0.2, -0.15) is 0 Å². The molecule has 2 aromatic rings. The molecule has 0 unspecified atom stereocenters. The zero-order valence-electron chi connectivity index (χ0n) is 12.7. The van der Waals surface area contributed by atoms with E-state index in [1.54, 1.807) is 24.4 Å². The van der Waals surface area contributed by atoms with E-state index < -0.39 is 11.8 Å². The van der Waals surface area contributed by atoms with Crippen molar-refractivity contribution >= 4 is 29.3 Å². The molecule has 0 bridgehead atoms. The zero-order chi connectivity index (χ0) is 17.1. The van der Waals surface area contributed by atoms with Crippen molar-refractivity contribution in [1.82, 2.24) is 15.2 Å². The average molecular weight is 344 g/mol. The second-order valence-corrected chi connectivity index (χ2v) is 5.74. The van der Waals surface area contributed by atoms with Crippen LogP contribution in [0.3, 0.4) is 0 Å². The molecule has 6 nitrogen and oxygen atoms in total. The Kier molecular flexibility index (Phi) is 4.57. The maximum Gasteiger partial charge on any atom is 0.261 e. The molecule has 3 rings (SSSR count). The van der Waals surface area contributed by atoms with Crippen molar-refractivity contribution in [2.75, 3.05) is 6.54 Å². The molecular formula is C17H14ClN3O3. The molecule has 24 heavy (non-hydrogen) atoms. The van der Waals surface area contributed by atoms with Crippen LogP contribution in [-0.2, 0) is 11.3 Å². The van der Waals surface area contributed by atoms with Crippen molar-refractivity contribution in [3.63, 3.8) is 0 Å². The summed E-state index contributed by atoms with van der Waals surface area (Å²) in [6, 6.07) is 9.98. The molecule has 7 heteroatoms. The number of fused-ring (bicyclic) bond motifs is 1. The van der Waals surface area contributed by atoms with Gasteiger partial charge in [0.15, 0.2) is 0 Å². The van der Waals surface area contributed by atoms with E-state index in [-0.39, 0.29) is 24.4 Å². The van der Waals surface area contributed by atoms with E-state index in [9.17, 15) is 14.4 Å². The van der Waals surface area contributed by atoms with Gasteiger partial charge < -0.3 is 5.32 Å². The summed E-state index contributed by atoms with van der Waals surface area (Å²) in [5, 5.41) is 3.10. The first kappa shape index (κ1) is 16.1. The topological polar surface area (TPSA) is 79.4 Å². The maximum atomic E-state index is 12.3. The smallest absolute Gasteiger partial charge is 0.261 e. The molecular weight excluding hydrogens is 330 g/mol. The largest absolute Gasteiger partial charge is 0.350 e. The molecule has 1 aromatic carbocycles. The molecule has 0 fully saturated rings. The minimum atomic E-state index is -0.421. The Morgan fingerprint density at radius 3 is 2.67 bits per heavy atom. The molecule has 0 saturated heterocycles. The molecule has 0 radical (unpaired) electrons. The van der Waals surface area contributed by atoms with Crippen molar-refractivity contribution in [3.05, 3.63) is 64.4 Å². The van der Waals surface area contributed by atoms with Crippen molar-refractivity contribution in [2.45, 2.75) is 13.0 Å². The van der Waals surface area contributed by atoms with Gasteiger partial charge >= 0.3 is 0 Å². The first-order chi connectivity index (χ1) is 11.6. The fourth-order valence-electron chi connectivity index (χ4n) is 2.46. The van der Waals surface area contributed by atoms with Gasteiger partial charge in [0.25, 0.3) is 11.8 Å². The van der Waals surface area contributed by atoms with Gasteiger partial charge in [-0.05, 0) is 30.3 Å². The van der Waals surface area contributed by atoms with Gasteiger partial charge in [-0.3, -0.25) is 24.3 Å². The van der Waals surface area contributed by atoms with E-state index in [1.165, 1.54) is 12.1 Å². The third-order valence-electron chi connectivity index (χ3n) is 3.69. The number of pyridine rings is 1. The summed E-state index contributed by atoms with van der Waals surface area (Å²) >= 11 is 5.86. The number of imide groups is 1. The first-order valence-corrected chi connectivity index (χ1v) is 7.76. The van der Waals surface area contributed by atoms with Crippen LogP contribution in [0.15, 0.2) is 42.6 Å². The molecule has 122 valence electrons. The lowest BCUT2D eigenvalue weighted by Gasteiger charge is -2.13. The number of carbonyl (C=O) groups is 3. The van der Waals surface area contributed by atoms with Crippen LogP contribution in [0.5, 0.6) is 0 Å². The summed E-state index contributed by atoms with van der Waals surface area (Å²) in [6.07, 6.45) is 1.68. The number of hydrogen-bond acceptors (Lipinski definition) is 4. The number of hydrogen-bond donors (Lipinski definition) is 1. The SMILES string of the molecule is O=C(CCN1C(=O)c2ccc(Cl)cc2C1=O)NCc1ccccn1. The number of rotatable bonds is 5. The van der Waals surface area contributed by atoms with Gasteiger partial charge in [0.1, 0.15) is 0 Å². The minimum absolute atomic E-state index is 0.0258. The van der Waals surface area contributed by atoms with Crippen LogP contribution in [0.4, 0.5) is 0 Å². The van der Waals surface area contributed by atoms with E-state index >= 15 is 0 Å². The fourth-order valence-corrected chi connectivity index (χ4v) is 2.63. The van der Waals surface area contributed by atoms with Gasteiger partial charge in [-0.1, -0.05) is 17.7 Å². The van der Waals surface area contributed by atoms with Crippen LogP contribution < -0.4 is 5.32 Å². The molecule has 0 saturated carbocycles. The molecule has 2 heterocycles. The van der Waals surface area contributed by atoms with Gasteiger partial charge in [0.05, 0.1) is 23.4 Å². The molecule has 3 amide bonds. The zero-order valence-corrected chi connectivity index (χ0v) is 13.4. The van der Waals surface area contributed by atoms with Crippen LogP contribution in [0.2, 0.25) is 5.02 Å². The number of nitrogens with one attached hydrogen (secondary N) is 1. The van der Waals surface area contributed by atoms with E-state index in [4.69, 9.17) is 11.6 Å². The van der Waals surface area contributed by atoms with E-state index in [0.717, 1.165) is 10.6 Å². The molecule has 0 aliphatic carbocycles. The Bertz CT molecular complexity index is 808. The van der Waals surface area contributed by atoms with E-state index in [2.05, 4.69) is 10.3 Å². The summed E-state index contributed by atoms with van der Waals surface area (Å²) in [6.45, 7) is 0.329. The minimum Gasteiger partial charge on any atom is -0.350 e. The summed E-state index contributed by atoms with van der Waals surface area (Å²) in [5.41, 5.74) is 1.33. The molecule has 0 atom stereocenters. The highest BCUT2D eigenvalue weighted by atomic mass is 35.5. The fraction of sp³-hybridized carbons (Fsp3) is 0.176. The quantitative estimate of drug-likeness (QED) is 0.842. The predicted molar refractivity (Wildman–Crippen MR) is 87.5 cm³/mol. The lowest BCUT2D eigenvalue weighted by molar-refractivity contribution is -0.121. The Labute approximate surface area is 143 Å². The van der Waals surface area contributed by atoms with E-state index in [1.807, 2.05) is 6.07 Å². The second kappa shape index (κ2) is 6.80. The Balaban J connectivity index is 1.56. The Hall–Kier alpha value is -2.73. The Morgan fingerprint density at radius 1 is 1.12 bits per heavy atom. The molecule has 1 aromatic heterocycles. The van der Waals surface area contributed by atoms with Crippen molar-refractivity contribution in [1.29, 1.82) is 0 Å². The number of halogens is 1. The van der Waals surface area contributed by atoms with Gasteiger partial charge in [-0.25, -0.2) is 0 Å². The van der Waals surface area contributed by atoms with Crippen LogP contribution in [0.1, 0.15) is 32.8 Å². The highest BCUT2D eigenvalue weighted by Crippen LogP contribution is 2.25. The molecule has 1 aliphatic heterocycles. The Morgan fingerprint density at radius 2 is 1.92 bits per heavy atom. The van der Waals surface area contributed by atoms with Crippen LogP contribution >= 0.6 is 11.6 Å². The third-order valence-corrected chi connectivity index (χ3v) is 3.92. The van der Waals surface area contributed by atoms with Gasteiger partial charge in [0.2, 0.25) is 5.91 Å². The predicted octanol–water partition coefficient (Wildman–Crippen LogP) is 2.04. The lowest BCUT2D eigenvalue weighted by Crippen LogP contribution is -2.34. The summed E-state index contributed by atoms with van der Waals surface area (Å²) in [7, 11) is 0. The normalized spacial score (nSPS) is 13.1. The van der Waals surface area contributed by atoms with E-state index in [0.29, 0.717) is 17.1 Å². The highest BCUT2D eigenvalue weighted by molar-refractivity contribution is 6.32. The highest BCUT2D eigenvalue weighted by Gasteiger charge is 2.35. The molecule has 0 spiro atoms. The second-order valence-electron chi connectivity index (χ2n) is 5.30. The van der Waals surface area contributed by atoms with Crippen LogP contribution in [-0.4, -0.2) is 34.2 Å². The number of carbonyl (C=O) groups excluding carboxylic acids is 3. The van der Waals surface area contributed by atoms with Crippen molar-refractivity contribution in [3.8, 4) is 0 Å². The summed E-state index contributed by atoms with van der Waals surface area (Å²) in [4.78, 5) is 41.6. The summed E-state index contributed by atoms with van der Waals surface area (Å²) in [5.74, 6) is -1.07. The first-order valence-electron chi connectivity index (χ1n) is 7.38. The molecule has 1 N–H and O–H groups in total. The lowest BCUT2D eigenvalue weighted by atomic mass is 10.1. The van der Waals surface area contributed by atoms with Gasteiger partial charge in [0, 0.05) is 24.2 Å².